The molecule has 0 aliphatic carbocycles. The van der Waals surface area contributed by atoms with Crippen LogP contribution in [-0.4, -0.2) is 15.7 Å². The molecule has 0 saturated heterocycles. The molecule has 0 radical (unpaired) electrons. The van der Waals surface area contributed by atoms with Gasteiger partial charge in [-0.2, -0.15) is 5.10 Å². The van der Waals surface area contributed by atoms with Crippen LogP contribution in [0.5, 0.6) is 0 Å². The van der Waals surface area contributed by atoms with Crippen LogP contribution in [0.3, 0.4) is 0 Å². The van der Waals surface area contributed by atoms with Gasteiger partial charge in [-0.3, -0.25) is 14.9 Å². The van der Waals surface area contributed by atoms with Gasteiger partial charge in [-0.25, -0.2) is 5.84 Å². The van der Waals surface area contributed by atoms with Gasteiger partial charge in [-0.1, -0.05) is 18.2 Å². The number of nitrogens with two attached hydrogens (primary N) is 1. The first-order valence-corrected chi connectivity index (χ1v) is 4.87. The second-order valence-corrected chi connectivity index (χ2v) is 3.33. The van der Waals surface area contributed by atoms with Crippen molar-refractivity contribution < 1.29 is 4.79 Å². The van der Waals surface area contributed by atoms with Crippen molar-refractivity contribution >= 4 is 5.91 Å². The highest BCUT2D eigenvalue weighted by Crippen LogP contribution is 2.09. The molecule has 5 heteroatoms. The number of carbonyl (C=O) groups excluding carboxylic acids is 1. The molecule has 0 saturated carbocycles. The largest absolute Gasteiger partial charge is 0.290 e. The van der Waals surface area contributed by atoms with E-state index in [1.807, 2.05) is 24.4 Å². The van der Waals surface area contributed by atoms with Crippen LogP contribution in [0.2, 0.25) is 0 Å². The van der Waals surface area contributed by atoms with E-state index in [2.05, 4.69) is 10.5 Å². The molecule has 3 N–H and O–H groups in total. The van der Waals surface area contributed by atoms with E-state index in [9.17, 15) is 4.79 Å². The van der Waals surface area contributed by atoms with Crippen LogP contribution in [0.25, 0.3) is 0 Å². The van der Waals surface area contributed by atoms with Gasteiger partial charge in [0.2, 0.25) is 0 Å². The molecule has 0 spiro atoms. The third-order valence-electron chi connectivity index (χ3n) is 2.28. The van der Waals surface area contributed by atoms with Crippen molar-refractivity contribution in [3.05, 3.63) is 53.9 Å². The van der Waals surface area contributed by atoms with E-state index in [1.54, 1.807) is 23.0 Å². The van der Waals surface area contributed by atoms with Gasteiger partial charge in [0.1, 0.15) is 0 Å². The first-order chi connectivity index (χ1) is 7.81. The Morgan fingerprint density at radius 2 is 2.19 bits per heavy atom. The average Bonchev–Trinajstić information content (AvgIpc) is 2.82. The van der Waals surface area contributed by atoms with Gasteiger partial charge in [-0.15, -0.1) is 0 Å². The quantitative estimate of drug-likeness (QED) is 0.446. The summed E-state index contributed by atoms with van der Waals surface area (Å²) in [6.07, 6.45) is 3.54. The van der Waals surface area contributed by atoms with Crippen LogP contribution in [0, 0.1) is 0 Å². The maximum atomic E-state index is 11.5. The van der Waals surface area contributed by atoms with Crippen molar-refractivity contribution in [2.45, 2.75) is 6.54 Å². The third kappa shape index (κ3) is 2.09. The summed E-state index contributed by atoms with van der Waals surface area (Å²) in [5, 5.41) is 4.09. The van der Waals surface area contributed by atoms with Crippen LogP contribution in [-0.2, 0) is 6.54 Å². The highest BCUT2D eigenvalue weighted by molar-refractivity contribution is 5.95. The molecular weight excluding hydrogens is 204 g/mol. The van der Waals surface area contributed by atoms with Crippen molar-refractivity contribution in [2.24, 2.45) is 5.84 Å². The van der Waals surface area contributed by atoms with Crippen molar-refractivity contribution in [1.29, 1.82) is 0 Å². The van der Waals surface area contributed by atoms with Crippen molar-refractivity contribution in [3.8, 4) is 0 Å². The number of aromatic nitrogens is 2. The molecule has 5 nitrogen and oxygen atoms in total. The molecule has 1 aromatic carbocycles. The summed E-state index contributed by atoms with van der Waals surface area (Å²) in [5.74, 6) is 4.84. The lowest BCUT2D eigenvalue weighted by molar-refractivity contribution is 0.0952. The smallest absolute Gasteiger partial charge is 0.265 e. The fourth-order valence-electron chi connectivity index (χ4n) is 1.53. The van der Waals surface area contributed by atoms with E-state index in [-0.39, 0.29) is 5.91 Å². The molecule has 1 heterocycles. The maximum absolute atomic E-state index is 11.5. The minimum Gasteiger partial charge on any atom is -0.290 e. The standard InChI is InChI=1S/C11H12N4O/c12-14-11(16)10-5-2-1-4-9(10)8-15-7-3-6-13-15/h1-7H,8,12H2,(H,14,16). The van der Waals surface area contributed by atoms with Crippen LogP contribution >= 0.6 is 0 Å². The highest BCUT2D eigenvalue weighted by Gasteiger charge is 2.09. The normalized spacial score (nSPS) is 10.1. The molecule has 2 rings (SSSR count). The first-order valence-electron chi connectivity index (χ1n) is 4.87. The molecule has 2 aromatic rings. The predicted molar refractivity (Wildman–Crippen MR) is 59.4 cm³/mol. The number of nitrogens with zero attached hydrogens (tertiary/aromatic N) is 2. The second-order valence-electron chi connectivity index (χ2n) is 3.33. The van der Waals surface area contributed by atoms with Gasteiger partial charge in [-0.05, 0) is 17.7 Å². The third-order valence-corrected chi connectivity index (χ3v) is 2.28. The molecule has 0 atom stereocenters. The van der Waals surface area contributed by atoms with E-state index in [1.165, 1.54) is 0 Å². The number of hydrogen-bond acceptors (Lipinski definition) is 3. The Hall–Kier alpha value is -2.14. The summed E-state index contributed by atoms with van der Waals surface area (Å²) in [6.45, 7) is 0.552. The Morgan fingerprint density at radius 1 is 1.38 bits per heavy atom. The predicted octanol–water partition coefficient (Wildman–Crippen LogP) is 0.535. The number of hydrazine groups is 1. The molecule has 0 aliphatic heterocycles. The topological polar surface area (TPSA) is 72.9 Å². The van der Waals surface area contributed by atoms with Gasteiger partial charge in [0.05, 0.1) is 6.54 Å². The molecule has 16 heavy (non-hydrogen) atoms. The van der Waals surface area contributed by atoms with E-state index in [0.717, 1.165) is 5.56 Å². The second kappa shape index (κ2) is 4.59. The number of hydrogen-bond donors (Lipinski definition) is 2. The van der Waals surface area contributed by atoms with Crippen molar-refractivity contribution in [1.82, 2.24) is 15.2 Å². The number of carbonyl (C=O) groups is 1. The maximum Gasteiger partial charge on any atom is 0.265 e. The van der Waals surface area contributed by atoms with Crippen molar-refractivity contribution in [3.63, 3.8) is 0 Å². The fraction of sp³-hybridized carbons (Fsp3) is 0.0909. The molecule has 0 aliphatic rings. The Balaban J connectivity index is 2.30. The Kier molecular flexibility index (Phi) is 2.98. The lowest BCUT2D eigenvalue weighted by Gasteiger charge is -2.07. The van der Waals surface area contributed by atoms with E-state index in [0.29, 0.717) is 12.1 Å². The molecular formula is C11H12N4O. The van der Waals surface area contributed by atoms with Crippen LogP contribution in [0.1, 0.15) is 15.9 Å². The molecule has 82 valence electrons. The summed E-state index contributed by atoms with van der Waals surface area (Å²) in [4.78, 5) is 11.5. The SMILES string of the molecule is NNC(=O)c1ccccc1Cn1cccn1. The molecule has 1 amide bonds. The summed E-state index contributed by atoms with van der Waals surface area (Å²) < 4.78 is 1.75. The van der Waals surface area contributed by atoms with E-state index in [4.69, 9.17) is 5.84 Å². The van der Waals surface area contributed by atoms with E-state index >= 15 is 0 Å². The molecule has 0 bridgehead atoms. The number of amides is 1. The minimum absolute atomic E-state index is 0.289. The Bertz CT molecular complexity index is 478. The summed E-state index contributed by atoms with van der Waals surface area (Å²) in [7, 11) is 0. The molecule has 0 unspecified atom stereocenters. The lowest BCUT2D eigenvalue weighted by Crippen LogP contribution is -2.31. The lowest BCUT2D eigenvalue weighted by atomic mass is 10.1. The van der Waals surface area contributed by atoms with Gasteiger partial charge in [0.15, 0.2) is 0 Å². The highest BCUT2D eigenvalue weighted by atomic mass is 16.2. The monoisotopic (exact) mass is 216 g/mol. The number of nitrogen functional groups attached to an aromatic ring is 1. The summed E-state index contributed by atoms with van der Waals surface area (Å²) in [6, 6.07) is 9.14. The molecule has 0 fully saturated rings. The summed E-state index contributed by atoms with van der Waals surface area (Å²) in [5.41, 5.74) is 3.59. The average molecular weight is 216 g/mol. The zero-order valence-electron chi connectivity index (χ0n) is 8.63. The van der Waals surface area contributed by atoms with E-state index < -0.39 is 0 Å². The molecule has 1 aromatic heterocycles. The summed E-state index contributed by atoms with van der Waals surface area (Å²) >= 11 is 0. The fourth-order valence-corrected chi connectivity index (χ4v) is 1.53. The van der Waals surface area contributed by atoms with Crippen LogP contribution in [0.15, 0.2) is 42.7 Å². The van der Waals surface area contributed by atoms with Crippen LogP contribution < -0.4 is 11.3 Å². The minimum atomic E-state index is -0.289. The number of rotatable bonds is 3. The zero-order chi connectivity index (χ0) is 11.4. The first kappa shape index (κ1) is 10.4. The van der Waals surface area contributed by atoms with Gasteiger partial charge in [0, 0.05) is 18.0 Å². The van der Waals surface area contributed by atoms with Crippen LogP contribution in [0.4, 0.5) is 0 Å². The Morgan fingerprint density at radius 3 is 2.88 bits per heavy atom. The number of benzene rings is 1. The Labute approximate surface area is 92.8 Å². The number of nitrogens with one attached hydrogen (secondary N) is 1. The van der Waals surface area contributed by atoms with Gasteiger partial charge in [0.25, 0.3) is 5.91 Å². The van der Waals surface area contributed by atoms with Gasteiger partial charge < -0.3 is 0 Å². The van der Waals surface area contributed by atoms with Gasteiger partial charge >= 0.3 is 0 Å². The van der Waals surface area contributed by atoms with Crippen molar-refractivity contribution in [2.75, 3.05) is 0 Å². The zero-order valence-corrected chi connectivity index (χ0v) is 8.63.